The van der Waals surface area contributed by atoms with Crippen molar-refractivity contribution in [1.29, 1.82) is 0 Å². The minimum absolute atomic E-state index is 0.0390. The van der Waals surface area contributed by atoms with Gasteiger partial charge in [0.15, 0.2) is 11.6 Å². The summed E-state index contributed by atoms with van der Waals surface area (Å²) in [4.78, 5) is 0.107. The zero-order valence-corrected chi connectivity index (χ0v) is 12.8. The Hall–Kier alpha value is -1.35. The van der Waals surface area contributed by atoms with Crippen molar-refractivity contribution in [3.8, 4) is 0 Å². The Kier molecular flexibility index (Phi) is 5.04. The maximum absolute atomic E-state index is 13.8. The van der Waals surface area contributed by atoms with Crippen LogP contribution in [0.3, 0.4) is 0 Å². The summed E-state index contributed by atoms with van der Waals surface area (Å²) in [5, 5.41) is 4.56. The molecule has 0 amide bonds. The Balaban J connectivity index is 2.30. The molecule has 0 radical (unpaired) electrons. The SMILES string of the molecule is CNCc1cc(F)c(F)c(S(=O)(=O)NCc2cccs2)c1. The summed E-state index contributed by atoms with van der Waals surface area (Å²) in [6.07, 6.45) is 0. The number of rotatable bonds is 6. The molecule has 0 fully saturated rings. The van der Waals surface area contributed by atoms with E-state index in [1.807, 2.05) is 0 Å². The van der Waals surface area contributed by atoms with Crippen LogP contribution in [-0.2, 0) is 23.1 Å². The molecule has 0 aliphatic heterocycles. The van der Waals surface area contributed by atoms with Crippen LogP contribution in [0.25, 0.3) is 0 Å². The van der Waals surface area contributed by atoms with E-state index in [1.54, 1.807) is 24.6 Å². The monoisotopic (exact) mass is 332 g/mol. The van der Waals surface area contributed by atoms with Crippen molar-refractivity contribution in [2.24, 2.45) is 0 Å². The van der Waals surface area contributed by atoms with Gasteiger partial charge >= 0.3 is 0 Å². The molecular formula is C13H14F2N2O2S2. The quantitative estimate of drug-likeness (QED) is 0.853. The number of halogens is 2. The van der Waals surface area contributed by atoms with E-state index in [9.17, 15) is 17.2 Å². The molecule has 0 saturated heterocycles. The van der Waals surface area contributed by atoms with Gasteiger partial charge in [0, 0.05) is 18.0 Å². The average molecular weight is 332 g/mol. The lowest BCUT2D eigenvalue weighted by Crippen LogP contribution is -2.24. The van der Waals surface area contributed by atoms with Crippen LogP contribution in [0.2, 0.25) is 0 Å². The minimum atomic E-state index is -4.12. The molecule has 2 rings (SSSR count). The van der Waals surface area contributed by atoms with E-state index in [4.69, 9.17) is 0 Å². The van der Waals surface area contributed by atoms with E-state index in [1.165, 1.54) is 11.3 Å². The van der Waals surface area contributed by atoms with Crippen LogP contribution in [0.5, 0.6) is 0 Å². The fourth-order valence-corrected chi connectivity index (χ4v) is 3.65. The molecule has 0 aliphatic carbocycles. The number of benzene rings is 1. The maximum Gasteiger partial charge on any atom is 0.243 e. The van der Waals surface area contributed by atoms with Crippen LogP contribution in [0, 0.1) is 11.6 Å². The zero-order chi connectivity index (χ0) is 15.5. The highest BCUT2D eigenvalue weighted by atomic mass is 32.2. The first-order valence-corrected chi connectivity index (χ1v) is 8.45. The molecule has 1 aromatic carbocycles. The molecule has 0 bridgehead atoms. The molecule has 21 heavy (non-hydrogen) atoms. The van der Waals surface area contributed by atoms with Crippen molar-refractivity contribution in [3.05, 3.63) is 51.7 Å². The summed E-state index contributed by atoms with van der Waals surface area (Å²) in [5.74, 6) is -2.55. The number of thiophene rings is 1. The molecule has 0 saturated carbocycles. The van der Waals surface area contributed by atoms with Gasteiger partial charge in [-0.05, 0) is 36.2 Å². The highest BCUT2D eigenvalue weighted by Gasteiger charge is 2.22. The van der Waals surface area contributed by atoms with Crippen molar-refractivity contribution < 1.29 is 17.2 Å². The van der Waals surface area contributed by atoms with Crippen LogP contribution >= 0.6 is 11.3 Å². The first-order valence-electron chi connectivity index (χ1n) is 6.08. The fraction of sp³-hybridized carbons (Fsp3) is 0.231. The van der Waals surface area contributed by atoms with Gasteiger partial charge in [-0.15, -0.1) is 11.3 Å². The van der Waals surface area contributed by atoms with Crippen molar-refractivity contribution >= 4 is 21.4 Å². The van der Waals surface area contributed by atoms with E-state index in [-0.39, 0.29) is 13.1 Å². The second-order valence-electron chi connectivity index (χ2n) is 4.32. The first kappa shape index (κ1) is 16.0. The number of hydrogen-bond acceptors (Lipinski definition) is 4. The molecule has 1 aromatic heterocycles. The summed E-state index contributed by atoms with van der Waals surface area (Å²) in [5.41, 5.74) is 0.355. The van der Waals surface area contributed by atoms with Crippen LogP contribution in [0.1, 0.15) is 10.4 Å². The summed E-state index contributed by atoms with van der Waals surface area (Å²) >= 11 is 1.37. The average Bonchev–Trinajstić information content (AvgIpc) is 2.94. The van der Waals surface area contributed by atoms with Gasteiger partial charge in [0.25, 0.3) is 0 Å². The topological polar surface area (TPSA) is 58.2 Å². The molecule has 4 nitrogen and oxygen atoms in total. The lowest BCUT2D eigenvalue weighted by atomic mass is 10.2. The fourth-order valence-electron chi connectivity index (χ4n) is 1.78. The van der Waals surface area contributed by atoms with Crippen LogP contribution in [-0.4, -0.2) is 15.5 Å². The normalized spacial score (nSPS) is 11.8. The summed E-state index contributed by atoms with van der Waals surface area (Å²) in [6.45, 7) is 0.280. The molecule has 0 spiro atoms. The molecule has 1 heterocycles. The summed E-state index contributed by atoms with van der Waals surface area (Å²) in [6, 6.07) is 5.64. The highest BCUT2D eigenvalue weighted by Crippen LogP contribution is 2.20. The van der Waals surface area contributed by atoms with E-state index < -0.39 is 26.6 Å². The van der Waals surface area contributed by atoms with Crippen molar-refractivity contribution in [1.82, 2.24) is 10.0 Å². The predicted molar refractivity (Wildman–Crippen MR) is 77.5 cm³/mol. The van der Waals surface area contributed by atoms with Crippen molar-refractivity contribution in [3.63, 3.8) is 0 Å². The highest BCUT2D eigenvalue weighted by molar-refractivity contribution is 7.89. The van der Waals surface area contributed by atoms with Crippen LogP contribution in [0.4, 0.5) is 8.78 Å². The number of hydrogen-bond donors (Lipinski definition) is 2. The largest absolute Gasteiger partial charge is 0.316 e. The Bertz CT molecular complexity index is 716. The second-order valence-corrected chi connectivity index (χ2v) is 7.09. The van der Waals surface area contributed by atoms with Crippen molar-refractivity contribution in [2.75, 3.05) is 7.05 Å². The molecule has 8 heteroatoms. The maximum atomic E-state index is 13.8. The Morgan fingerprint density at radius 3 is 2.62 bits per heavy atom. The van der Waals surface area contributed by atoms with Crippen LogP contribution < -0.4 is 10.0 Å². The molecule has 0 atom stereocenters. The molecule has 2 N–H and O–H groups in total. The zero-order valence-electron chi connectivity index (χ0n) is 11.2. The third-order valence-corrected chi connectivity index (χ3v) is 5.02. The van der Waals surface area contributed by atoms with Gasteiger partial charge in [0.1, 0.15) is 4.90 Å². The number of nitrogens with one attached hydrogen (secondary N) is 2. The molecule has 0 unspecified atom stereocenters. The van der Waals surface area contributed by atoms with Gasteiger partial charge in [0.2, 0.25) is 10.0 Å². The standard InChI is InChI=1S/C13H14F2N2O2S2/c1-16-7-9-5-11(14)13(15)12(6-9)21(18,19)17-8-10-3-2-4-20-10/h2-6,16-17H,7-8H2,1H3. The summed E-state index contributed by atoms with van der Waals surface area (Å²) in [7, 11) is -2.49. The first-order chi connectivity index (χ1) is 9.94. The van der Waals surface area contributed by atoms with E-state index in [0.717, 1.165) is 17.0 Å². The second kappa shape index (κ2) is 6.61. The predicted octanol–water partition coefficient (Wildman–Crippen LogP) is 2.22. The minimum Gasteiger partial charge on any atom is -0.316 e. The van der Waals surface area contributed by atoms with Crippen LogP contribution in [0.15, 0.2) is 34.5 Å². The molecular weight excluding hydrogens is 318 g/mol. The lowest BCUT2D eigenvalue weighted by molar-refractivity contribution is 0.480. The van der Waals surface area contributed by atoms with Crippen molar-refractivity contribution in [2.45, 2.75) is 18.0 Å². The molecule has 114 valence electrons. The van der Waals surface area contributed by atoms with E-state index >= 15 is 0 Å². The lowest BCUT2D eigenvalue weighted by Gasteiger charge is -2.10. The Morgan fingerprint density at radius 1 is 1.24 bits per heavy atom. The van der Waals surface area contributed by atoms with Gasteiger partial charge in [-0.1, -0.05) is 6.07 Å². The molecule has 2 aromatic rings. The Morgan fingerprint density at radius 2 is 2.00 bits per heavy atom. The third-order valence-electron chi connectivity index (χ3n) is 2.74. The van der Waals surface area contributed by atoms with Gasteiger partial charge in [0.05, 0.1) is 0 Å². The molecule has 0 aliphatic rings. The van der Waals surface area contributed by atoms with Gasteiger partial charge in [-0.25, -0.2) is 21.9 Å². The van der Waals surface area contributed by atoms with E-state index in [0.29, 0.717) is 5.56 Å². The Labute approximate surface area is 125 Å². The van der Waals surface area contributed by atoms with Gasteiger partial charge in [-0.2, -0.15) is 0 Å². The third kappa shape index (κ3) is 3.85. The van der Waals surface area contributed by atoms with Gasteiger partial charge in [-0.3, -0.25) is 0 Å². The van der Waals surface area contributed by atoms with E-state index in [2.05, 4.69) is 10.0 Å². The van der Waals surface area contributed by atoms with Gasteiger partial charge < -0.3 is 5.32 Å². The summed E-state index contributed by atoms with van der Waals surface area (Å²) < 4.78 is 53.8. The smallest absolute Gasteiger partial charge is 0.243 e. The number of sulfonamides is 1.